The van der Waals surface area contributed by atoms with Crippen LogP contribution in [-0.4, -0.2) is 6.54 Å². The Labute approximate surface area is 95.7 Å². The largest absolute Gasteiger partial charge is 0.330 e. The standard InChI is InChI=1S/C13H19F2N/c1-9(7-8-16)10-5-4-6-11(14)12(10)13(2,3)15/h4-6,9H,7-8,16H2,1-3H3. The van der Waals surface area contributed by atoms with Gasteiger partial charge in [-0.05, 0) is 44.4 Å². The normalized spacial score (nSPS) is 13.9. The van der Waals surface area contributed by atoms with Gasteiger partial charge < -0.3 is 5.73 Å². The highest BCUT2D eigenvalue weighted by Gasteiger charge is 2.27. The fourth-order valence-electron chi connectivity index (χ4n) is 1.98. The Kier molecular flexibility index (Phi) is 4.03. The highest BCUT2D eigenvalue weighted by Crippen LogP contribution is 2.34. The lowest BCUT2D eigenvalue weighted by Gasteiger charge is -2.23. The Morgan fingerprint density at radius 1 is 1.38 bits per heavy atom. The van der Waals surface area contributed by atoms with Crippen molar-refractivity contribution in [1.82, 2.24) is 0 Å². The Balaban J connectivity index is 3.23. The number of hydrogen-bond acceptors (Lipinski definition) is 1. The Morgan fingerprint density at radius 2 is 2.00 bits per heavy atom. The Morgan fingerprint density at radius 3 is 2.50 bits per heavy atom. The van der Waals surface area contributed by atoms with Crippen LogP contribution in [0.4, 0.5) is 8.78 Å². The van der Waals surface area contributed by atoms with Crippen molar-refractivity contribution in [3.63, 3.8) is 0 Å². The summed E-state index contributed by atoms with van der Waals surface area (Å²) in [5.74, 6) is -0.403. The highest BCUT2D eigenvalue weighted by molar-refractivity contribution is 5.35. The van der Waals surface area contributed by atoms with Crippen LogP contribution >= 0.6 is 0 Å². The van der Waals surface area contributed by atoms with Gasteiger partial charge in [0.25, 0.3) is 0 Å². The zero-order valence-corrected chi connectivity index (χ0v) is 10.1. The summed E-state index contributed by atoms with van der Waals surface area (Å²) in [5, 5.41) is 0. The van der Waals surface area contributed by atoms with Crippen molar-refractivity contribution in [1.29, 1.82) is 0 Å². The van der Waals surface area contributed by atoms with Gasteiger partial charge in [0.2, 0.25) is 0 Å². The minimum absolute atomic E-state index is 0.0747. The molecule has 1 atom stereocenters. The first kappa shape index (κ1) is 13.1. The van der Waals surface area contributed by atoms with E-state index in [4.69, 9.17) is 5.73 Å². The van der Waals surface area contributed by atoms with Gasteiger partial charge in [0.1, 0.15) is 11.5 Å². The van der Waals surface area contributed by atoms with Crippen molar-refractivity contribution < 1.29 is 8.78 Å². The molecule has 0 bridgehead atoms. The van der Waals surface area contributed by atoms with Gasteiger partial charge in [-0.15, -0.1) is 0 Å². The van der Waals surface area contributed by atoms with Crippen molar-refractivity contribution >= 4 is 0 Å². The van der Waals surface area contributed by atoms with E-state index < -0.39 is 11.5 Å². The van der Waals surface area contributed by atoms with Gasteiger partial charge in [-0.25, -0.2) is 8.78 Å². The second-order valence-electron chi connectivity index (χ2n) is 4.65. The Bertz CT molecular complexity index is 355. The number of hydrogen-bond donors (Lipinski definition) is 1. The molecule has 0 spiro atoms. The van der Waals surface area contributed by atoms with E-state index in [1.165, 1.54) is 19.9 Å². The lowest BCUT2D eigenvalue weighted by atomic mass is 9.86. The maximum absolute atomic E-state index is 14.0. The maximum Gasteiger partial charge on any atom is 0.133 e. The second-order valence-corrected chi connectivity index (χ2v) is 4.65. The summed E-state index contributed by atoms with van der Waals surface area (Å²) < 4.78 is 27.6. The first-order chi connectivity index (χ1) is 7.38. The molecule has 0 aromatic heterocycles. The van der Waals surface area contributed by atoms with Gasteiger partial charge in [0.05, 0.1) is 0 Å². The van der Waals surface area contributed by atoms with Crippen molar-refractivity contribution in [2.75, 3.05) is 6.54 Å². The van der Waals surface area contributed by atoms with Gasteiger partial charge in [-0.1, -0.05) is 19.1 Å². The molecule has 0 aliphatic heterocycles. The van der Waals surface area contributed by atoms with E-state index in [0.29, 0.717) is 6.54 Å². The fraction of sp³-hybridized carbons (Fsp3) is 0.538. The van der Waals surface area contributed by atoms with Crippen LogP contribution in [0.15, 0.2) is 18.2 Å². The molecule has 1 aromatic carbocycles. The van der Waals surface area contributed by atoms with Crippen LogP contribution in [0.5, 0.6) is 0 Å². The molecule has 3 heteroatoms. The summed E-state index contributed by atoms with van der Waals surface area (Å²) in [6.45, 7) is 5.22. The molecule has 0 aliphatic carbocycles. The van der Waals surface area contributed by atoms with Crippen molar-refractivity contribution in [3.05, 3.63) is 35.1 Å². The van der Waals surface area contributed by atoms with Crippen LogP contribution < -0.4 is 5.73 Å². The SMILES string of the molecule is CC(CCN)c1cccc(F)c1C(C)(C)F. The molecular formula is C13H19F2N. The molecule has 0 amide bonds. The van der Waals surface area contributed by atoms with E-state index in [0.717, 1.165) is 12.0 Å². The molecule has 1 rings (SSSR count). The van der Waals surface area contributed by atoms with Crippen LogP contribution in [0.3, 0.4) is 0 Å². The molecule has 0 radical (unpaired) electrons. The molecule has 0 heterocycles. The van der Waals surface area contributed by atoms with Crippen molar-refractivity contribution in [2.45, 2.75) is 38.8 Å². The molecule has 2 N–H and O–H groups in total. The van der Waals surface area contributed by atoms with Gasteiger partial charge in [-0.3, -0.25) is 0 Å². The molecular weight excluding hydrogens is 208 g/mol. The lowest BCUT2D eigenvalue weighted by molar-refractivity contribution is 0.211. The molecule has 0 fully saturated rings. The summed E-state index contributed by atoms with van der Waals surface area (Å²) in [4.78, 5) is 0. The van der Waals surface area contributed by atoms with Crippen LogP contribution in [0, 0.1) is 5.82 Å². The minimum atomic E-state index is -1.66. The quantitative estimate of drug-likeness (QED) is 0.837. The first-order valence-electron chi connectivity index (χ1n) is 5.55. The average molecular weight is 227 g/mol. The number of halogens is 2. The predicted molar refractivity (Wildman–Crippen MR) is 62.6 cm³/mol. The molecule has 1 aromatic rings. The summed E-state index contributed by atoms with van der Waals surface area (Å²) in [7, 11) is 0. The summed E-state index contributed by atoms with van der Waals surface area (Å²) in [6, 6.07) is 4.70. The first-order valence-corrected chi connectivity index (χ1v) is 5.55. The summed E-state index contributed by atoms with van der Waals surface area (Å²) in [6.07, 6.45) is 0.729. The Hall–Kier alpha value is -0.960. The molecule has 0 saturated heterocycles. The third-order valence-corrected chi connectivity index (χ3v) is 2.77. The lowest BCUT2D eigenvalue weighted by Crippen LogP contribution is -2.17. The van der Waals surface area contributed by atoms with Gasteiger partial charge in [0.15, 0.2) is 0 Å². The molecule has 90 valence electrons. The smallest absolute Gasteiger partial charge is 0.133 e. The van der Waals surface area contributed by atoms with Crippen LogP contribution in [0.2, 0.25) is 0 Å². The molecule has 1 unspecified atom stereocenters. The third kappa shape index (κ3) is 2.79. The average Bonchev–Trinajstić information content (AvgIpc) is 2.15. The summed E-state index contributed by atoms with van der Waals surface area (Å²) in [5.41, 5.74) is 4.70. The van der Waals surface area contributed by atoms with E-state index in [9.17, 15) is 8.78 Å². The third-order valence-electron chi connectivity index (χ3n) is 2.77. The number of alkyl halides is 1. The van der Waals surface area contributed by atoms with Gasteiger partial charge in [-0.2, -0.15) is 0 Å². The fourth-order valence-corrected chi connectivity index (χ4v) is 1.98. The minimum Gasteiger partial charge on any atom is -0.330 e. The zero-order chi connectivity index (χ0) is 12.3. The number of rotatable bonds is 4. The van der Waals surface area contributed by atoms with Crippen LogP contribution in [0.25, 0.3) is 0 Å². The molecule has 0 saturated carbocycles. The van der Waals surface area contributed by atoms with E-state index in [-0.39, 0.29) is 11.5 Å². The number of nitrogens with two attached hydrogens (primary N) is 1. The topological polar surface area (TPSA) is 26.0 Å². The van der Waals surface area contributed by atoms with Crippen LogP contribution in [0.1, 0.15) is 44.2 Å². The van der Waals surface area contributed by atoms with Crippen molar-refractivity contribution in [2.24, 2.45) is 5.73 Å². The maximum atomic E-state index is 14.0. The monoisotopic (exact) mass is 227 g/mol. The van der Waals surface area contributed by atoms with E-state index in [1.807, 2.05) is 6.92 Å². The predicted octanol–water partition coefficient (Wildman–Crippen LogP) is 3.48. The van der Waals surface area contributed by atoms with E-state index in [2.05, 4.69) is 0 Å². The van der Waals surface area contributed by atoms with Gasteiger partial charge >= 0.3 is 0 Å². The number of benzene rings is 1. The molecule has 1 nitrogen and oxygen atoms in total. The highest BCUT2D eigenvalue weighted by atomic mass is 19.1. The van der Waals surface area contributed by atoms with Crippen LogP contribution in [-0.2, 0) is 5.67 Å². The van der Waals surface area contributed by atoms with E-state index in [1.54, 1.807) is 12.1 Å². The van der Waals surface area contributed by atoms with Gasteiger partial charge in [0, 0.05) is 5.56 Å². The zero-order valence-electron chi connectivity index (χ0n) is 10.1. The van der Waals surface area contributed by atoms with E-state index >= 15 is 0 Å². The van der Waals surface area contributed by atoms with Crippen molar-refractivity contribution in [3.8, 4) is 0 Å². The molecule has 16 heavy (non-hydrogen) atoms. The second kappa shape index (κ2) is 4.91. The molecule has 0 aliphatic rings. The summed E-state index contributed by atoms with van der Waals surface area (Å²) >= 11 is 0.